The van der Waals surface area contributed by atoms with Crippen molar-refractivity contribution in [2.24, 2.45) is 0 Å². The van der Waals surface area contributed by atoms with Crippen LogP contribution >= 0.6 is 0 Å². The van der Waals surface area contributed by atoms with Crippen LogP contribution in [0.3, 0.4) is 0 Å². The molecule has 0 radical (unpaired) electrons. The third-order valence-electron chi connectivity index (χ3n) is 5.23. The molecule has 2 aliphatic rings. The fourth-order valence-electron chi connectivity index (χ4n) is 4.04. The van der Waals surface area contributed by atoms with Crippen LogP contribution in [0.15, 0.2) is 54.6 Å². The van der Waals surface area contributed by atoms with Gasteiger partial charge in [0.25, 0.3) is 5.95 Å². The van der Waals surface area contributed by atoms with E-state index in [1.54, 1.807) is 4.68 Å². The molecule has 1 fully saturated rings. The Morgan fingerprint density at radius 3 is 2.76 bits per heavy atom. The van der Waals surface area contributed by atoms with E-state index >= 15 is 0 Å². The molecule has 5 rings (SSSR count). The fraction of sp³-hybridized carbons (Fsp3) is 0.316. The zero-order valence-corrected chi connectivity index (χ0v) is 13.9. The summed E-state index contributed by atoms with van der Waals surface area (Å²) in [6.07, 6.45) is 2.07. The number of ether oxygens (including phenoxy) is 1. The van der Waals surface area contributed by atoms with E-state index in [4.69, 9.17) is 4.74 Å². The monoisotopic (exact) mass is 333 g/mol. The van der Waals surface area contributed by atoms with Gasteiger partial charge in [0.15, 0.2) is 0 Å². The maximum atomic E-state index is 6.31. The Morgan fingerprint density at radius 1 is 1.00 bits per heavy atom. The largest absolute Gasteiger partial charge is 0.367 e. The van der Waals surface area contributed by atoms with Crippen LogP contribution in [0.4, 0.5) is 5.95 Å². The summed E-state index contributed by atoms with van der Waals surface area (Å²) in [6, 6.07) is 18.6. The molecule has 1 spiro atoms. The molecule has 0 amide bonds. The number of rotatable bonds is 2. The maximum absolute atomic E-state index is 6.31. The van der Waals surface area contributed by atoms with Crippen molar-refractivity contribution in [1.82, 2.24) is 20.2 Å². The molecular formula is C19H19N5O. The van der Waals surface area contributed by atoms with Crippen molar-refractivity contribution in [3.8, 4) is 5.69 Å². The van der Waals surface area contributed by atoms with Crippen molar-refractivity contribution >= 4 is 5.95 Å². The number of anilines is 1. The van der Waals surface area contributed by atoms with Crippen LogP contribution in [-0.4, -0.2) is 39.9 Å². The molecule has 3 aromatic rings. The lowest BCUT2D eigenvalue weighted by Crippen LogP contribution is -2.49. The smallest absolute Gasteiger partial charge is 0.250 e. The number of tetrazole rings is 1. The molecule has 6 nitrogen and oxygen atoms in total. The molecule has 1 aliphatic carbocycles. The normalized spacial score (nSPS) is 22.3. The van der Waals surface area contributed by atoms with Crippen LogP contribution in [0.2, 0.25) is 0 Å². The zero-order chi connectivity index (χ0) is 16.7. The highest BCUT2D eigenvalue weighted by atomic mass is 16.5. The van der Waals surface area contributed by atoms with Crippen molar-refractivity contribution < 1.29 is 4.74 Å². The van der Waals surface area contributed by atoms with Gasteiger partial charge in [0.2, 0.25) is 0 Å². The molecule has 6 heteroatoms. The van der Waals surface area contributed by atoms with Crippen LogP contribution in [0.25, 0.3) is 5.69 Å². The SMILES string of the molecule is c1ccc(-n2nnnc2N2CCOC3(CCc4ccccc43)C2)cc1. The molecule has 0 N–H and O–H groups in total. The van der Waals surface area contributed by atoms with Gasteiger partial charge in [0.05, 0.1) is 18.8 Å². The van der Waals surface area contributed by atoms with E-state index in [0.717, 1.165) is 37.6 Å². The Bertz CT molecular complexity index is 890. The molecule has 1 atom stereocenters. The van der Waals surface area contributed by atoms with Crippen LogP contribution in [0, 0.1) is 0 Å². The summed E-state index contributed by atoms with van der Waals surface area (Å²) >= 11 is 0. The summed E-state index contributed by atoms with van der Waals surface area (Å²) < 4.78 is 8.11. The van der Waals surface area contributed by atoms with E-state index in [9.17, 15) is 0 Å². The molecule has 1 aliphatic heterocycles. The summed E-state index contributed by atoms with van der Waals surface area (Å²) in [5, 5.41) is 12.4. The Labute approximate surface area is 146 Å². The zero-order valence-electron chi connectivity index (χ0n) is 13.9. The molecular weight excluding hydrogens is 314 g/mol. The maximum Gasteiger partial charge on any atom is 0.250 e. The highest BCUT2D eigenvalue weighted by Gasteiger charge is 2.44. The van der Waals surface area contributed by atoms with Gasteiger partial charge in [-0.25, -0.2) is 0 Å². The average Bonchev–Trinajstić information content (AvgIpc) is 3.29. The quantitative estimate of drug-likeness (QED) is 0.720. The lowest BCUT2D eigenvalue weighted by atomic mass is 9.94. The number of morpholine rings is 1. The second-order valence-electron chi connectivity index (χ2n) is 6.65. The molecule has 1 aromatic heterocycles. The average molecular weight is 333 g/mol. The first-order valence-corrected chi connectivity index (χ1v) is 8.67. The second kappa shape index (κ2) is 5.67. The van der Waals surface area contributed by atoms with Gasteiger partial charge in [-0.05, 0) is 46.5 Å². The van der Waals surface area contributed by atoms with Crippen molar-refractivity contribution in [2.45, 2.75) is 18.4 Å². The van der Waals surface area contributed by atoms with E-state index in [0.29, 0.717) is 6.61 Å². The standard InChI is InChI=1S/C19H19N5O/c1-2-7-16(8-3-1)24-18(20-21-22-24)23-12-13-25-19(14-23)11-10-15-6-4-5-9-17(15)19/h1-9H,10-14H2. The number of aryl methyl sites for hydroxylation is 1. The Balaban J connectivity index is 1.50. The van der Waals surface area contributed by atoms with Gasteiger partial charge in [-0.15, -0.1) is 0 Å². The lowest BCUT2D eigenvalue weighted by Gasteiger charge is -2.41. The van der Waals surface area contributed by atoms with E-state index in [1.165, 1.54) is 11.1 Å². The number of benzene rings is 2. The summed E-state index contributed by atoms with van der Waals surface area (Å²) in [7, 11) is 0. The molecule has 1 unspecified atom stereocenters. The topological polar surface area (TPSA) is 56.1 Å². The Morgan fingerprint density at radius 2 is 1.84 bits per heavy atom. The highest BCUT2D eigenvalue weighted by Crippen LogP contribution is 2.42. The molecule has 1 saturated heterocycles. The van der Waals surface area contributed by atoms with Crippen LogP contribution in [0.1, 0.15) is 17.5 Å². The molecule has 0 bridgehead atoms. The van der Waals surface area contributed by atoms with Gasteiger partial charge in [0, 0.05) is 6.54 Å². The van der Waals surface area contributed by atoms with E-state index in [2.05, 4.69) is 44.7 Å². The van der Waals surface area contributed by atoms with E-state index in [1.807, 2.05) is 30.3 Å². The van der Waals surface area contributed by atoms with E-state index in [-0.39, 0.29) is 5.60 Å². The van der Waals surface area contributed by atoms with Gasteiger partial charge in [-0.1, -0.05) is 47.6 Å². The second-order valence-corrected chi connectivity index (χ2v) is 6.65. The van der Waals surface area contributed by atoms with Crippen LogP contribution < -0.4 is 4.90 Å². The summed E-state index contributed by atoms with van der Waals surface area (Å²) in [5.41, 5.74) is 3.43. The predicted molar refractivity (Wildman–Crippen MR) is 93.8 cm³/mol. The number of aromatic nitrogens is 4. The number of hydrogen-bond donors (Lipinski definition) is 0. The minimum absolute atomic E-state index is 0.248. The van der Waals surface area contributed by atoms with Gasteiger partial charge in [-0.3, -0.25) is 0 Å². The number of fused-ring (bicyclic) bond motifs is 2. The van der Waals surface area contributed by atoms with E-state index < -0.39 is 0 Å². The molecule has 0 saturated carbocycles. The van der Waals surface area contributed by atoms with Crippen molar-refractivity contribution in [1.29, 1.82) is 0 Å². The van der Waals surface area contributed by atoms with Crippen molar-refractivity contribution in [3.63, 3.8) is 0 Å². The van der Waals surface area contributed by atoms with Crippen molar-refractivity contribution in [2.75, 3.05) is 24.6 Å². The number of hydrogen-bond acceptors (Lipinski definition) is 5. The van der Waals surface area contributed by atoms with Crippen LogP contribution in [0.5, 0.6) is 0 Å². The third kappa shape index (κ3) is 2.33. The first kappa shape index (κ1) is 14.6. The lowest BCUT2D eigenvalue weighted by molar-refractivity contribution is -0.0597. The third-order valence-corrected chi connectivity index (χ3v) is 5.23. The minimum atomic E-state index is -0.248. The molecule has 126 valence electrons. The molecule has 2 heterocycles. The summed E-state index contributed by atoms with van der Waals surface area (Å²) in [4.78, 5) is 2.25. The minimum Gasteiger partial charge on any atom is -0.367 e. The highest BCUT2D eigenvalue weighted by molar-refractivity contribution is 5.44. The first-order chi connectivity index (χ1) is 12.4. The number of nitrogens with zero attached hydrogens (tertiary/aromatic N) is 5. The summed E-state index contributed by atoms with van der Waals surface area (Å²) in [6.45, 7) is 2.24. The van der Waals surface area contributed by atoms with Gasteiger partial charge in [-0.2, -0.15) is 4.68 Å². The van der Waals surface area contributed by atoms with Gasteiger partial charge in [0.1, 0.15) is 5.60 Å². The Hall–Kier alpha value is -2.73. The molecule has 25 heavy (non-hydrogen) atoms. The van der Waals surface area contributed by atoms with Gasteiger partial charge >= 0.3 is 0 Å². The predicted octanol–water partition coefficient (Wildman–Crippen LogP) is 2.34. The van der Waals surface area contributed by atoms with Crippen LogP contribution in [-0.2, 0) is 16.8 Å². The first-order valence-electron chi connectivity index (χ1n) is 8.67. The fourth-order valence-corrected chi connectivity index (χ4v) is 4.04. The number of para-hydroxylation sites is 1. The van der Waals surface area contributed by atoms with Crippen molar-refractivity contribution in [3.05, 3.63) is 65.7 Å². The Kier molecular flexibility index (Phi) is 3.31. The van der Waals surface area contributed by atoms with Gasteiger partial charge < -0.3 is 9.64 Å². The summed E-state index contributed by atoms with van der Waals surface area (Å²) in [5.74, 6) is 0.776. The molecule has 2 aromatic carbocycles.